The molecule has 25 heavy (non-hydrogen) atoms. The molecule has 1 aromatic rings. The van der Waals surface area contributed by atoms with Crippen molar-refractivity contribution in [3.63, 3.8) is 0 Å². The molecule has 0 aliphatic rings. The van der Waals surface area contributed by atoms with E-state index in [1.807, 2.05) is 6.92 Å². The van der Waals surface area contributed by atoms with Crippen LogP contribution in [0.15, 0.2) is 36.9 Å². The Labute approximate surface area is 145 Å². The third-order valence-corrected chi connectivity index (χ3v) is 2.22. The van der Waals surface area contributed by atoms with Gasteiger partial charge < -0.3 is 20.7 Å². The predicted octanol–water partition coefficient (Wildman–Crippen LogP) is 1.05. The first-order valence-electron chi connectivity index (χ1n) is 6.86. The van der Waals surface area contributed by atoms with E-state index in [0.29, 0.717) is 6.42 Å². The zero-order valence-electron chi connectivity index (χ0n) is 13.9. The maximum Gasteiger partial charge on any atom is 0.330 e. The summed E-state index contributed by atoms with van der Waals surface area (Å²) in [6, 6.07) is 7.14. The Kier molecular flexibility index (Phi) is 22.4. The summed E-state index contributed by atoms with van der Waals surface area (Å²) in [5.41, 5.74) is 7.02. The number of esters is 1. The number of ether oxygens (including phenoxy) is 1. The van der Waals surface area contributed by atoms with E-state index in [0.717, 1.165) is 29.5 Å². The van der Waals surface area contributed by atoms with E-state index in [4.69, 9.17) is 36.4 Å². The number of nitrogens with two attached hydrogens (primary N) is 1. The van der Waals surface area contributed by atoms with Crippen molar-refractivity contribution in [2.75, 3.05) is 12.3 Å². The second-order valence-corrected chi connectivity index (χ2v) is 4.00. The van der Waals surface area contributed by atoms with Crippen LogP contribution in [0.5, 0.6) is 0 Å². The summed E-state index contributed by atoms with van der Waals surface area (Å²) in [6.07, 6.45) is 2.61. The lowest BCUT2D eigenvalue weighted by molar-refractivity contribution is -0.140. The molecule has 9 heteroatoms. The van der Waals surface area contributed by atoms with Gasteiger partial charge in [0, 0.05) is 11.8 Å². The van der Waals surface area contributed by atoms with Crippen LogP contribution < -0.4 is 5.73 Å². The van der Waals surface area contributed by atoms with E-state index in [9.17, 15) is 4.79 Å². The number of hydrogen-bond acceptors (Lipinski definition) is 9. The minimum atomic E-state index is -0.552. The fraction of sp³-hybridized carbons (Fsp3) is 0.312. The molecule has 1 unspecified atom stereocenters. The molecule has 1 rings (SSSR count). The summed E-state index contributed by atoms with van der Waals surface area (Å²) in [4.78, 5) is 27.1. The number of rotatable bonds is 5. The van der Waals surface area contributed by atoms with Crippen molar-refractivity contribution in [1.29, 1.82) is 10.8 Å². The largest absolute Gasteiger partial charge is 0.460 e. The van der Waals surface area contributed by atoms with Crippen molar-refractivity contribution in [3.8, 4) is 0 Å². The van der Waals surface area contributed by atoms with Gasteiger partial charge in [0.05, 0.1) is 12.7 Å². The second kappa shape index (κ2) is 20.9. The van der Waals surface area contributed by atoms with Crippen LogP contribution in [-0.4, -0.2) is 41.1 Å². The molecule has 9 nitrogen and oxygen atoms in total. The Morgan fingerprint density at radius 3 is 2.08 bits per heavy atom. The highest BCUT2D eigenvalue weighted by Gasteiger charge is 2.02. The van der Waals surface area contributed by atoms with Crippen molar-refractivity contribution < 1.29 is 29.3 Å². The van der Waals surface area contributed by atoms with Crippen LogP contribution in [0.2, 0.25) is 0 Å². The molecule has 0 aromatic heterocycles. The van der Waals surface area contributed by atoms with Crippen LogP contribution in [-0.2, 0) is 25.7 Å². The molecule has 6 N–H and O–H groups in total. The summed E-state index contributed by atoms with van der Waals surface area (Å²) in [5.74, 6) is -0.493. The first-order valence-corrected chi connectivity index (χ1v) is 6.86. The zero-order chi connectivity index (χ0) is 20.1. The fourth-order valence-corrected chi connectivity index (χ4v) is 0.978. The van der Waals surface area contributed by atoms with Crippen LogP contribution >= 0.6 is 0 Å². The van der Waals surface area contributed by atoms with E-state index in [-0.39, 0.29) is 13.2 Å². The number of aliphatic hydroxyl groups excluding tert-OH is 2. The van der Waals surface area contributed by atoms with Gasteiger partial charge in [-0.3, -0.25) is 0 Å². The normalized spacial score (nSPS) is 8.92. The van der Waals surface area contributed by atoms with E-state index < -0.39 is 12.1 Å². The van der Waals surface area contributed by atoms with Crippen LogP contribution in [0.1, 0.15) is 18.9 Å². The minimum absolute atomic E-state index is 0.0569. The van der Waals surface area contributed by atoms with Gasteiger partial charge in [-0.2, -0.15) is 0 Å². The molecular formula is C16H23N3O6. The van der Waals surface area contributed by atoms with Crippen molar-refractivity contribution in [3.05, 3.63) is 42.5 Å². The van der Waals surface area contributed by atoms with Crippen LogP contribution in [0.3, 0.4) is 0 Å². The van der Waals surface area contributed by atoms with Crippen molar-refractivity contribution in [2.45, 2.75) is 26.1 Å². The first-order chi connectivity index (χ1) is 11.9. The van der Waals surface area contributed by atoms with Gasteiger partial charge in [0.25, 0.3) is 0 Å². The number of nitrogens with one attached hydrogen (secondary N) is 2. The number of isocyanates is 2. The average molecular weight is 353 g/mol. The summed E-state index contributed by atoms with van der Waals surface area (Å²) in [7, 11) is 0. The Bertz CT molecular complexity index is 521. The van der Waals surface area contributed by atoms with Crippen LogP contribution in [0.4, 0.5) is 5.69 Å². The van der Waals surface area contributed by atoms with Crippen molar-refractivity contribution in [1.82, 2.24) is 0 Å². The quantitative estimate of drug-likeness (QED) is 0.173. The molecule has 0 saturated carbocycles. The first kappa shape index (κ1) is 26.8. The monoisotopic (exact) mass is 353 g/mol. The molecular weight excluding hydrogens is 330 g/mol. The summed E-state index contributed by atoms with van der Waals surface area (Å²) >= 11 is 0. The molecule has 0 amide bonds. The number of hydrogen-bond donors (Lipinski definition) is 5. The predicted molar refractivity (Wildman–Crippen MR) is 91.1 cm³/mol. The smallest absolute Gasteiger partial charge is 0.330 e. The number of carbonyl (C=O) groups is 1. The number of aliphatic hydroxyl groups is 2. The number of anilines is 1. The van der Waals surface area contributed by atoms with E-state index >= 15 is 0 Å². The summed E-state index contributed by atoms with van der Waals surface area (Å²) < 4.78 is 4.54. The number of carbonyl (C=O) groups excluding carboxylic acids is 3. The molecule has 0 saturated heterocycles. The summed E-state index contributed by atoms with van der Waals surface area (Å²) in [6.45, 7) is 5.16. The molecule has 1 atom stereocenters. The minimum Gasteiger partial charge on any atom is -0.460 e. The molecule has 1 aromatic carbocycles. The fourth-order valence-electron chi connectivity index (χ4n) is 0.978. The van der Waals surface area contributed by atoms with Crippen molar-refractivity contribution >= 4 is 23.8 Å². The Morgan fingerprint density at radius 2 is 1.76 bits per heavy atom. The highest BCUT2D eigenvalue weighted by molar-refractivity contribution is 5.81. The zero-order valence-corrected chi connectivity index (χ0v) is 13.9. The lowest BCUT2D eigenvalue weighted by Crippen LogP contribution is -2.16. The van der Waals surface area contributed by atoms with Gasteiger partial charge in [-0.15, -0.1) is 0 Å². The van der Waals surface area contributed by atoms with Gasteiger partial charge in [0.2, 0.25) is 12.2 Å². The van der Waals surface area contributed by atoms with Crippen molar-refractivity contribution in [2.24, 2.45) is 0 Å². The molecule has 0 bridgehead atoms. The molecule has 0 radical (unpaired) electrons. The highest BCUT2D eigenvalue weighted by atomic mass is 16.5. The van der Waals surface area contributed by atoms with E-state index in [1.54, 1.807) is 24.3 Å². The molecule has 0 heterocycles. The lowest BCUT2D eigenvalue weighted by atomic mass is 10.2. The lowest BCUT2D eigenvalue weighted by Gasteiger charge is -2.05. The van der Waals surface area contributed by atoms with Gasteiger partial charge >= 0.3 is 5.97 Å². The Balaban J connectivity index is -0.000000296. The van der Waals surface area contributed by atoms with Gasteiger partial charge in [0.15, 0.2) is 0 Å². The average Bonchev–Trinajstić information content (AvgIpc) is 2.62. The molecule has 138 valence electrons. The maximum absolute atomic E-state index is 10.4. The Morgan fingerprint density at radius 1 is 1.32 bits per heavy atom. The standard InChI is InChI=1S/C7H9NO.C7H12O3.2CHNO/c8-7-3-1-6(5-9)2-4-7;1-3-6(8)5-10-7(9)4-2;2*2-1-3/h1-4,9H,5,8H2;4,6,8H,2-3,5H2,1H3;2*2H. The third kappa shape index (κ3) is 23.3. The van der Waals surface area contributed by atoms with Gasteiger partial charge in [0.1, 0.15) is 6.61 Å². The maximum atomic E-state index is 10.4. The third-order valence-electron chi connectivity index (χ3n) is 2.22. The number of benzene rings is 1. The molecule has 0 spiro atoms. The molecule has 0 fully saturated rings. The second-order valence-electron chi connectivity index (χ2n) is 4.00. The number of nitrogen functional groups attached to an aromatic ring is 1. The van der Waals surface area contributed by atoms with Crippen LogP contribution in [0.25, 0.3) is 0 Å². The molecule has 0 aliphatic heterocycles. The van der Waals surface area contributed by atoms with Gasteiger partial charge in [-0.05, 0) is 24.1 Å². The highest BCUT2D eigenvalue weighted by Crippen LogP contribution is 2.04. The van der Waals surface area contributed by atoms with Gasteiger partial charge in [-0.1, -0.05) is 25.6 Å². The van der Waals surface area contributed by atoms with E-state index in [1.165, 1.54) is 0 Å². The Hall–Kier alpha value is -3.09. The SMILES string of the molecule is C=CC(=O)OCC(O)CC.N=C=O.N=C=O.Nc1ccc(CO)cc1. The van der Waals surface area contributed by atoms with E-state index in [2.05, 4.69) is 11.3 Å². The summed E-state index contributed by atoms with van der Waals surface area (Å²) in [5, 5.41) is 28.3. The van der Waals surface area contributed by atoms with Crippen LogP contribution in [0, 0.1) is 10.8 Å². The topological polar surface area (TPSA) is 175 Å². The molecule has 0 aliphatic carbocycles. The van der Waals surface area contributed by atoms with Gasteiger partial charge in [-0.25, -0.2) is 25.2 Å².